The van der Waals surface area contributed by atoms with Crippen molar-refractivity contribution < 1.29 is 9.84 Å². The zero-order chi connectivity index (χ0) is 20.5. The second-order valence-corrected chi connectivity index (χ2v) is 8.12. The Morgan fingerprint density at radius 1 is 0.964 bits per heavy atom. The molecule has 0 aliphatic heterocycles. The van der Waals surface area contributed by atoms with Crippen LogP contribution in [0.25, 0.3) is 0 Å². The predicted molar refractivity (Wildman–Crippen MR) is 118 cm³/mol. The van der Waals surface area contributed by atoms with Crippen LogP contribution >= 0.6 is 0 Å². The van der Waals surface area contributed by atoms with Gasteiger partial charge in [0, 0.05) is 30.2 Å². The summed E-state index contributed by atoms with van der Waals surface area (Å²) in [6, 6.07) is 17.4. The standard InChI is InChI=1S/C25H37NO2/c1-6-16-28-18-21-12-13-25(27)24(17-21)23(22-10-8-7-9-11-22)14-15-26(19(2)3)20(4)5/h7-13,17,19-20,23,27H,6,14-16,18H2,1-5H3. The molecule has 0 saturated heterocycles. The van der Waals surface area contributed by atoms with Crippen molar-refractivity contribution in [3.05, 3.63) is 65.2 Å². The van der Waals surface area contributed by atoms with Crippen LogP contribution in [0.1, 0.15) is 70.1 Å². The lowest BCUT2D eigenvalue weighted by molar-refractivity contribution is 0.121. The van der Waals surface area contributed by atoms with Crippen LogP contribution in [-0.4, -0.2) is 35.2 Å². The first-order chi connectivity index (χ1) is 13.4. The highest BCUT2D eigenvalue weighted by Gasteiger charge is 2.21. The maximum absolute atomic E-state index is 10.7. The first-order valence-corrected chi connectivity index (χ1v) is 10.6. The highest BCUT2D eigenvalue weighted by molar-refractivity contribution is 5.43. The molecule has 1 atom stereocenters. The van der Waals surface area contributed by atoms with Crippen LogP contribution in [-0.2, 0) is 11.3 Å². The van der Waals surface area contributed by atoms with Crippen molar-refractivity contribution in [2.24, 2.45) is 0 Å². The molecule has 0 saturated carbocycles. The topological polar surface area (TPSA) is 32.7 Å². The van der Waals surface area contributed by atoms with E-state index in [2.05, 4.69) is 69.9 Å². The Balaban J connectivity index is 2.30. The molecule has 1 N–H and O–H groups in total. The molecule has 154 valence electrons. The van der Waals surface area contributed by atoms with Crippen LogP contribution in [0.15, 0.2) is 48.5 Å². The minimum absolute atomic E-state index is 0.160. The van der Waals surface area contributed by atoms with Gasteiger partial charge in [-0.1, -0.05) is 43.3 Å². The van der Waals surface area contributed by atoms with Crippen molar-refractivity contribution in [2.75, 3.05) is 13.2 Å². The van der Waals surface area contributed by atoms with Gasteiger partial charge in [0.25, 0.3) is 0 Å². The summed E-state index contributed by atoms with van der Waals surface area (Å²) in [6.45, 7) is 13.5. The van der Waals surface area contributed by atoms with E-state index >= 15 is 0 Å². The van der Waals surface area contributed by atoms with Crippen molar-refractivity contribution in [3.63, 3.8) is 0 Å². The third-order valence-electron chi connectivity index (χ3n) is 5.29. The van der Waals surface area contributed by atoms with Gasteiger partial charge >= 0.3 is 0 Å². The van der Waals surface area contributed by atoms with E-state index in [-0.39, 0.29) is 5.92 Å². The Hall–Kier alpha value is -1.84. The lowest BCUT2D eigenvalue weighted by Crippen LogP contribution is -2.38. The molecule has 1 unspecified atom stereocenters. The van der Waals surface area contributed by atoms with E-state index in [0.717, 1.165) is 37.1 Å². The first kappa shape index (κ1) is 22.4. The molecule has 0 spiro atoms. The molecule has 3 nitrogen and oxygen atoms in total. The number of hydrogen-bond acceptors (Lipinski definition) is 3. The smallest absolute Gasteiger partial charge is 0.119 e. The second-order valence-electron chi connectivity index (χ2n) is 8.12. The maximum Gasteiger partial charge on any atom is 0.119 e. The van der Waals surface area contributed by atoms with Crippen LogP contribution in [0.5, 0.6) is 5.75 Å². The van der Waals surface area contributed by atoms with E-state index in [1.807, 2.05) is 18.2 Å². The molecule has 0 radical (unpaired) electrons. The predicted octanol–water partition coefficient (Wildman–Crippen LogP) is 5.96. The second kappa shape index (κ2) is 11.2. The molecular formula is C25H37NO2. The Bertz CT molecular complexity index is 689. The molecule has 2 aromatic rings. The van der Waals surface area contributed by atoms with Gasteiger partial charge in [-0.15, -0.1) is 0 Å². The van der Waals surface area contributed by atoms with Crippen LogP contribution < -0.4 is 0 Å². The monoisotopic (exact) mass is 383 g/mol. The van der Waals surface area contributed by atoms with E-state index in [1.54, 1.807) is 0 Å². The molecule has 28 heavy (non-hydrogen) atoms. The van der Waals surface area contributed by atoms with Crippen LogP contribution in [0.2, 0.25) is 0 Å². The molecule has 0 amide bonds. The van der Waals surface area contributed by atoms with Gasteiger partial charge in [-0.2, -0.15) is 0 Å². The summed E-state index contributed by atoms with van der Waals surface area (Å²) in [4.78, 5) is 2.52. The van der Waals surface area contributed by atoms with E-state index in [4.69, 9.17) is 4.74 Å². The van der Waals surface area contributed by atoms with Crippen molar-refractivity contribution in [2.45, 2.75) is 72.1 Å². The summed E-state index contributed by atoms with van der Waals surface area (Å²) < 4.78 is 5.72. The zero-order valence-corrected chi connectivity index (χ0v) is 18.2. The number of benzene rings is 2. The quantitative estimate of drug-likeness (QED) is 0.486. The minimum Gasteiger partial charge on any atom is -0.508 e. The summed E-state index contributed by atoms with van der Waals surface area (Å²) in [6.07, 6.45) is 1.98. The molecule has 0 bridgehead atoms. The molecule has 0 aliphatic rings. The molecule has 2 rings (SSSR count). The summed E-state index contributed by atoms with van der Waals surface area (Å²) >= 11 is 0. The molecule has 0 aromatic heterocycles. The zero-order valence-electron chi connectivity index (χ0n) is 18.2. The SMILES string of the molecule is CCCOCc1ccc(O)c(C(CCN(C(C)C)C(C)C)c2ccccc2)c1. The van der Waals surface area contributed by atoms with Crippen molar-refractivity contribution in [1.82, 2.24) is 4.90 Å². The van der Waals surface area contributed by atoms with Gasteiger partial charge in [0.1, 0.15) is 5.75 Å². The Kier molecular flexibility index (Phi) is 9.01. The third-order valence-corrected chi connectivity index (χ3v) is 5.29. The largest absolute Gasteiger partial charge is 0.508 e. The average Bonchev–Trinajstić information content (AvgIpc) is 2.67. The van der Waals surface area contributed by atoms with Gasteiger partial charge < -0.3 is 9.84 Å². The van der Waals surface area contributed by atoms with E-state index in [0.29, 0.717) is 24.4 Å². The fraction of sp³-hybridized carbons (Fsp3) is 0.520. The number of phenols is 1. The summed E-state index contributed by atoms with van der Waals surface area (Å²) in [5, 5.41) is 10.7. The van der Waals surface area contributed by atoms with Crippen LogP contribution in [0.4, 0.5) is 0 Å². The van der Waals surface area contributed by atoms with Gasteiger partial charge in [-0.05, 0) is 70.3 Å². The van der Waals surface area contributed by atoms with Gasteiger partial charge in [0.15, 0.2) is 0 Å². The normalized spacial score (nSPS) is 12.9. The summed E-state index contributed by atoms with van der Waals surface area (Å²) in [5.74, 6) is 0.529. The minimum atomic E-state index is 0.160. The van der Waals surface area contributed by atoms with Gasteiger partial charge in [0.05, 0.1) is 6.61 Å². The Morgan fingerprint density at radius 2 is 1.64 bits per heavy atom. The van der Waals surface area contributed by atoms with Crippen molar-refractivity contribution >= 4 is 0 Å². The summed E-state index contributed by atoms with van der Waals surface area (Å²) in [7, 11) is 0. The molecular weight excluding hydrogens is 346 g/mol. The fourth-order valence-electron chi connectivity index (χ4n) is 3.89. The third kappa shape index (κ3) is 6.35. The van der Waals surface area contributed by atoms with Crippen molar-refractivity contribution in [1.29, 1.82) is 0 Å². The molecule has 0 aliphatic carbocycles. The van der Waals surface area contributed by atoms with Gasteiger partial charge in [-0.25, -0.2) is 0 Å². The maximum atomic E-state index is 10.7. The van der Waals surface area contributed by atoms with Crippen molar-refractivity contribution in [3.8, 4) is 5.75 Å². The number of ether oxygens (including phenoxy) is 1. The number of hydrogen-bond donors (Lipinski definition) is 1. The number of phenolic OH excluding ortho intramolecular Hbond substituents is 1. The van der Waals surface area contributed by atoms with Gasteiger partial charge in [-0.3, -0.25) is 4.90 Å². The first-order valence-electron chi connectivity index (χ1n) is 10.6. The molecule has 2 aromatic carbocycles. The lowest BCUT2D eigenvalue weighted by Gasteiger charge is -2.32. The highest BCUT2D eigenvalue weighted by atomic mass is 16.5. The number of aromatic hydroxyl groups is 1. The fourth-order valence-corrected chi connectivity index (χ4v) is 3.89. The average molecular weight is 384 g/mol. The highest BCUT2D eigenvalue weighted by Crippen LogP contribution is 2.35. The Morgan fingerprint density at radius 3 is 2.25 bits per heavy atom. The molecule has 0 fully saturated rings. The molecule has 0 heterocycles. The molecule has 3 heteroatoms. The van der Waals surface area contributed by atoms with E-state index in [1.165, 1.54) is 5.56 Å². The van der Waals surface area contributed by atoms with Gasteiger partial charge in [0.2, 0.25) is 0 Å². The van der Waals surface area contributed by atoms with E-state index < -0.39 is 0 Å². The summed E-state index contributed by atoms with van der Waals surface area (Å²) in [5.41, 5.74) is 3.36. The number of nitrogens with zero attached hydrogens (tertiary/aromatic N) is 1. The van der Waals surface area contributed by atoms with Crippen LogP contribution in [0.3, 0.4) is 0 Å². The lowest BCUT2D eigenvalue weighted by atomic mass is 9.86. The van der Waals surface area contributed by atoms with E-state index in [9.17, 15) is 5.11 Å². The Labute approximate surface area is 171 Å². The number of rotatable bonds is 11. The van der Waals surface area contributed by atoms with Crippen LogP contribution in [0, 0.1) is 0 Å².